The van der Waals surface area contributed by atoms with Gasteiger partial charge in [0.25, 0.3) is 0 Å². The lowest BCUT2D eigenvalue weighted by atomic mass is 10.1. The van der Waals surface area contributed by atoms with E-state index < -0.39 is 5.97 Å². The van der Waals surface area contributed by atoms with E-state index in [0.29, 0.717) is 23.0 Å². The molecular formula is C18H14FN2O3-. The first-order chi connectivity index (χ1) is 11.6. The highest BCUT2D eigenvalue weighted by Gasteiger charge is 2.12. The third-order valence-corrected chi connectivity index (χ3v) is 3.57. The maximum absolute atomic E-state index is 13.1. The Morgan fingerprint density at radius 1 is 1.17 bits per heavy atom. The SMILES string of the molecule is COc1ccc(-c2cn(-c3ccc(F)cc3)c(CC(=O)[O-])n2)cc1. The molecule has 0 aliphatic heterocycles. The van der Waals surface area contributed by atoms with E-state index in [1.807, 2.05) is 12.1 Å². The molecular weight excluding hydrogens is 311 g/mol. The van der Waals surface area contributed by atoms with Crippen LogP contribution in [0.2, 0.25) is 0 Å². The number of aliphatic carboxylic acids is 1. The molecule has 0 fully saturated rings. The Balaban J connectivity index is 2.04. The Labute approximate surface area is 138 Å². The third kappa shape index (κ3) is 3.27. The van der Waals surface area contributed by atoms with E-state index in [1.165, 1.54) is 12.1 Å². The number of carboxylic acids is 1. The van der Waals surface area contributed by atoms with E-state index in [2.05, 4.69) is 4.98 Å². The summed E-state index contributed by atoms with van der Waals surface area (Å²) in [6, 6.07) is 13.0. The first-order valence-electron chi connectivity index (χ1n) is 7.25. The van der Waals surface area contributed by atoms with Crippen molar-refractivity contribution >= 4 is 5.97 Å². The zero-order valence-electron chi connectivity index (χ0n) is 12.9. The second kappa shape index (κ2) is 6.54. The van der Waals surface area contributed by atoms with Crippen molar-refractivity contribution in [2.24, 2.45) is 0 Å². The molecule has 0 unspecified atom stereocenters. The minimum atomic E-state index is -1.23. The summed E-state index contributed by atoms with van der Waals surface area (Å²) in [6.07, 6.45) is 1.38. The van der Waals surface area contributed by atoms with Crippen molar-refractivity contribution in [1.82, 2.24) is 9.55 Å². The predicted octanol–water partition coefficient (Wildman–Crippen LogP) is 1.98. The highest BCUT2D eigenvalue weighted by Crippen LogP contribution is 2.24. The number of carbonyl (C=O) groups excluding carboxylic acids is 1. The zero-order valence-corrected chi connectivity index (χ0v) is 12.9. The van der Waals surface area contributed by atoms with E-state index >= 15 is 0 Å². The number of rotatable bonds is 5. The van der Waals surface area contributed by atoms with Crippen LogP contribution in [0.3, 0.4) is 0 Å². The van der Waals surface area contributed by atoms with Crippen LogP contribution in [0.1, 0.15) is 5.82 Å². The van der Waals surface area contributed by atoms with Crippen molar-refractivity contribution in [2.75, 3.05) is 7.11 Å². The molecule has 0 N–H and O–H groups in total. The average molecular weight is 325 g/mol. The van der Waals surface area contributed by atoms with Gasteiger partial charge in [0.05, 0.1) is 12.8 Å². The lowest BCUT2D eigenvalue weighted by Crippen LogP contribution is -2.25. The molecule has 0 atom stereocenters. The van der Waals surface area contributed by atoms with Gasteiger partial charge in [0.2, 0.25) is 0 Å². The van der Waals surface area contributed by atoms with Crippen molar-refractivity contribution in [1.29, 1.82) is 0 Å². The Kier molecular flexibility index (Phi) is 4.29. The molecule has 24 heavy (non-hydrogen) atoms. The number of methoxy groups -OCH3 is 1. The molecule has 0 saturated carbocycles. The van der Waals surface area contributed by atoms with Crippen molar-refractivity contribution in [3.05, 3.63) is 66.4 Å². The molecule has 3 rings (SSSR count). The van der Waals surface area contributed by atoms with Crippen molar-refractivity contribution in [3.8, 4) is 22.7 Å². The Hall–Kier alpha value is -3.15. The van der Waals surface area contributed by atoms with Gasteiger partial charge in [-0.1, -0.05) is 0 Å². The van der Waals surface area contributed by atoms with Crippen molar-refractivity contribution in [2.45, 2.75) is 6.42 Å². The van der Waals surface area contributed by atoms with Gasteiger partial charge in [-0.25, -0.2) is 9.37 Å². The molecule has 122 valence electrons. The molecule has 6 heteroatoms. The van der Waals surface area contributed by atoms with E-state index in [1.54, 1.807) is 42.1 Å². The number of carbonyl (C=O) groups is 1. The van der Waals surface area contributed by atoms with Gasteiger partial charge in [-0.15, -0.1) is 0 Å². The number of halogens is 1. The van der Waals surface area contributed by atoms with Crippen LogP contribution in [-0.4, -0.2) is 22.6 Å². The molecule has 1 heterocycles. The Morgan fingerprint density at radius 2 is 1.83 bits per heavy atom. The fraction of sp³-hybridized carbons (Fsp3) is 0.111. The normalized spacial score (nSPS) is 10.6. The second-order valence-electron chi connectivity index (χ2n) is 5.17. The van der Waals surface area contributed by atoms with Gasteiger partial charge >= 0.3 is 0 Å². The monoisotopic (exact) mass is 325 g/mol. The fourth-order valence-electron chi connectivity index (χ4n) is 2.40. The third-order valence-electron chi connectivity index (χ3n) is 3.57. The Bertz CT molecular complexity index is 855. The standard InChI is InChI=1S/C18H15FN2O3/c1-24-15-8-2-12(3-9-15)16-11-21(17(20-16)10-18(22)23)14-6-4-13(19)5-7-14/h2-9,11H,10H2,1H3,(H,22,23)/p-1. The number of ether oxygens (including phenoxy) is 1. The molecule has 0 aliphatic carbocycles. The quantitative estimate of drug-likeness (QED) is 0.719. The maximum atomic E-state index is 13.1. The molecule has 2 aromatic carbocycles. The van der Waals surface area contributed by atoms with E-state index in [0.717, 1.165) is 5.56 Å². The molecule has 0 saturated heterocycles. The summed E-state index contributed by atoms with van der Waals surface area (Å²) in [4.78, 5) is 15.4. The van der Waals surface area contributed by atoms with Gasteiger partial charge < -0.3 is 19.2 Å². The van der Waals surface area contributed by atoms with Crippen LogP contribution in [0.5, 0.6) is 5.75 Å². The van der Waals surface area contributed by atoms with Crippen LogP contribution in [0.4, 0.5) is 4.39 Å². The van der Waals surface area contributed by atoms with Gasteiger partial charge in [-0.3, -0.25) is 0 Å². The number of carboxylic acid groups (broad SMARTS) is 1. The van der Waals surface area contributed by atoms with Gasteiger partial charge in [-0.2, -0.15) is 0 Å². The first kappa shape index (κ1) is 15.7. The number of hydrogen-bond acceptors (Lipinski definition) is 4. The predicted molar refractivity (Wildman–Crippen MR) is 84.2 cm³/mol. The fourth-order valence-corrected chi connectivity index (χ4v) is 2.40. The largest absolute Gasteiger partial charge is 0.550 e. The molecule has 0 radical (unpaired) electrons. The van der Waals surface area contributed by atoms with Crippen LogP contribution < -0.4 is 9.84 Å². The molecule has 3 aromatic rings. The number of nitrogens with zero attached hydrogens (tertiary/aromatic N) is 2. The highest BCUT2D eigenvalue weighted by atomic mass is 19.1. The molecule has 0 amide bonds. The molecule has 0 spiro atoms. The number of benzene rings is 2. The minimum absolute atomic E-state index is 0.312. The van der Waals surface area contributed by atoms with Crippen molar-refractivity contribution in [3.63, 3.8) is 0 Å². The Morgan fingerprint density at radius 3 is 2.42 bits per heavy atom. The zero-order chi connectivity index (χ0) is 17.1. The summed E-state index contributed by atoms with van der Waals surface area (Å²) in [6.45, 7) is 0. The van der Waals surface area contributed by atoms with E-state index in [9.17, 15) is 14.3 Å². The van der Waals surface area contributed by atoms with Crippen LogP contribution in [0.15, 0.2) is 54.7 Å². The van der Waals surface area contributed by atoms with E-state index in [4.69, 9.17) is 4.74 Å². The molecule has 1 aromatic heterocycles. The van der Waals surface area contributed by atoms with Crippen LogP contribution in [0, 0.1) is 5.82 Å². The lowest BCUT2D eigenvalue weighted by molar-refractivity contribution is -0.304. The lowest BCUT2D eigenvalue weighted by Gasteiger charge is -2.07. The second-order valence-corrected chi connectivity index (χ2v) is 5.17. The van der Waals surface area contributed by atoms with Gasteiger partial charge in [-0.05, 0) is 48.5 Å². The number of hydrogen-bond donors (Lipinski definition) is 0. The molecule has 5 nitrogen and oxygen atoms in total. The number of imidazole rings is 1. The van der Waals surface area contributed by atoms with Gasteiger partial charge in [0, 0.05) is 29.8 Å². The summed E-state index contributed by atoms with van der Waals surface area (Å²) in [5.74, 6) is -0.569. The molecule has 0 bridgehead atoms. The number of aromatic nitrogens is 2. The van der Waals surface area contributed by atoms with Crippen LogP contribution in [0.25, 0.3) is 16.9 Å². The van der Waals surface area contributed by atoms with Crippen LogP contribution in [-0.2, 0) is 11.2 Å². The van der Waals surface area contributed by atoms with Gasteiger partial charge in [0.1, 0.15) is 17.4 Å². The maximum Gasteiger partial charge on any atom is 0.123 e. The van der Waals surface area contributed by atoms with Gasteiger partial charge in [0.15, 0.2) is 0 Å². The molecule has 0 aliphatic rings. The summed E-state index contributed by atoms with van der Waals surface area (Å²) in [7, 11) is 1.58. The smallest absolute Gasteiger partial charge is 0.123 e. The summed E-state index contributed by atoms with van der Waals surface area (Å²) in [5, 5.41) is 11.0. The van der Waals surface area contributed by atoms with Crippen molar-refractivity contribution < 1.29 is 19.0 Å². The first-order valence-corrected chi connectivity index (χ1v) is 7.25. The summed E-state index contributed by atoms with van der Waals surface area (Å²) >= 11 is 0. The van der Waals surface area contributed by atoms with E-state index in [-0.39, 0.29) is 12.2 Å². The van der Waals surface area contributed by atoms with Crippen LogP contribution >= 0.6 is 0 Å². The topological polar surface area (TPSA) is 67.2 Å². The summed E-state index contributed by atoms with van der Waals surface area (Å²) in [5.41, 5.74) is 2.05. The summed E-state index contributed by atoms with van der Waals surface area (Å²) < 4.78 is 19.9. The highest BCUT2D eigenvalue weighted by molar-refractivity contribution is 5.68. The average Bonchev–Trinajstić information content (AvgIpc) is 2.98. The minimum Gasteiger partial charge on any atom is -0.550 e.